The summed E-state index contributed by atoms with van der Waals surface area (Å²) in [4.78, 5) is 21.5. The van der Waals surface area contributed by atoms with Crippen molar-refractivity contribution in [3.05, 3.63) is 0 Å². The van der Waals surface area contributed by atoms with E-state index in [2.05, 4.69) is 5.32 Å². The van der Waals surface area contributed by atoms with Crippen molar-refractivity contribution in [3.63, 3.8) is 0 Å². The summed E-state index contributed by atoms with van der Waals surface area (Å²) < 4.78 is 5.09. The molecule has 0 radical (unpaired) electrons. The van der Waals surface area contributed by atoms with Crippen LogP contribution in [0.25, 0.3) is 0 Å². The van der Waals surface area contributed by atoms with Gasteiger partial charge in [0, 0.05) is 12.3 Å². The first-order chi connectivity index (χ1) is 8.31. The van der Waals surface area contributed by atoms with Crippen LogP contribution in [0.4, 0.5) is 4.79 Å². The number of nitrogens with one attached hydrogen (secondary N) is 1. The maximum Gasteiger partial charge on any atom is 0.407 e. The van der Waals surface area contributed by atoms with Crippen LogP contribution in [0.15, 0.2) is 0 Å². The van der Waals surface area contributed by atoms with Crippen LogP contribution in [-0.2, 0) is 9.53 Å². The van der Waals surface area contributed by atoms with E-state index in [0.717, 1.165) is 18.6 Å². The topological polar surface area (TPSA) is 75.6 Å². The van der Waals surface area contributed by atoms with Gasteiger partial charge in [-0.05, 0) is 39.4 Å². The molecule has 18 heavy (non-hydrogen) atoms. The van der Waals surface area contributed by atoms with E-state index in [-0.39, 0.29) is 12.5 Å². The molecule has 0 saturated carbocycles. The normalized spacial score (nSPS) is 11.1. The number of rotatable bonds is 8. The summed E-state index contributed by atoms with van der Waals surface area (Å²) in [6.45, 7) is 6.07. The molecule has 5 nitrogen and oxygen atoms in total. The highest BCUT2D eigenvalue weighted by molar-refractivity contribution is 7.99. The minimum Gasteiger partial charge on any atom is -0.481 e. The molecule has 0 fully saturated rings. The molecule has 0 bridgehead atoms. The Labute approximate surface area is 113 Å². The fourth-order valence-corrected chi connectivity index (χ4v) is 2.03. The van der Waals surface area contributed by atoms with Crippen LogP contribution in [0.2, 0.25) is 0 Å². The zero-order valence-electron chi connectivity index (χ0n) is 11.3. The second-order valence-corrected chi connectivity index (χ2v) is 6.12. The van der Waals surface area contributed by atoms with E-state index in [1.807, 2.05) is 20.8 Å². The first-order valence-electron chi connectivity index (χ1n) is 6.07. The van der Waals surface area contributed by atoms with Gasteiger partial charge in [0.15, 0.2) is 0 Å². The Bertz CT molecular complexity index is 263. The second-order valence-electron chi connectivity index (χ2n) is 4.89. The highest BCUT2D eigenvalue weighted by Gasteiger charge is 2.15. The molecule has 2 N–H and O–H groups in total. The van der Waals surface area contributed by atoms with Crippen molar-refractivity contribution < 1.29 is 19.4 Å². The highest BCUT2D eigenvalue weighted by atomic mass is 32.2. The molecule has 0 unspecified atom stereocenters. The lowest BCUT2D eigenvalue weighted by atomic mass is 10.2. The number of carbonyl (C=O) groups is 2. The predicted octanol–water partition coefficient (Wildman–Crippen LogP) is 2.50. The van der Waals surface area contributed by atoms with Gasteiger partial charge < -0.3 is 15.2 Å². The average molecular weight is 277 g/mol. The van der Waals surface area contributed by atoms with Crippen molar-refractivity contribution in [1.82, 2.24) is 5.32 Å². The molecule has 0 heterocycles. The third-order valence-electron chi connectivity index (χ3n) is 1.84. The first-order valence-corrected chi connectivity index (χ1v) is 7.23. The lowest BCUT2D eigenvalue weighted by Gasteiger charge is -2.19. The Balaban J connectivity index is 3.30. The number of hydrogen-bond donors (Lipinski definition) is 2. The Morgan fingerprint density at radius 1 is 1.22 bits per heavy atom. The number of alkyl carbamates (subject to hydrolysis) is 1. The van der Waals surface area contributed by atoms with Crippen molar-refractivity contribution in [3.8, 4) is 0 Å². The Morgan fingerprint density at radius 2 is 1.89 bits per heavy atom. The Morgan fingerprint density at radius 3 is 2.44 bits per heavy atom. The van der Waals surface area contributed by atoms with Gasteiger partial charge >= 0.3 is 12.1 Å². The predicted molar refractivity (Wildman–Crippen MR) is 73.0 cm³/mol. The molecule has 0 aliphatic rings. The molecule has 0 aromatic carbocycles. The molecule has 0 aromatic heterocycles. The van der Waals surface area contributed by atoms with Crippen LogP contribution >= 0.6 is 11.8 Å². The quantitative estimate of drug-likeness (QED) is 0.667. The summed E-state index contributed by atoms with van der Waals surface area (Å²) >= 11 is 1.63. The molecule has 0 aromatic rings. The molecule has 0 aliphatic heterocycles. The standard InChI is InChI=1S/C12H23NO4S/c1-12(2,3)17-11(16)13-7-4-5-8-18-9-6-10(14)15/h4-9H2,1-3H3,(H,13,16)(H,14,15). The smallest absolute Gasteiger partial charge is 0.407 e. The third-order valence-corrected chi connectivity index (χ3v) is 2.91. The second kappa shape index (κ2) is 9.08. The van der Waals surface area contributed by atoms with E-state index < -0.39 is 11.6 Å². The molecular weight excluding hydrogens is 254 g/mol. The van der Waals surface area contributed by atoms with E-state index in [1.54, 1.807) is 11.8 Å². The fourth-order valence-electron chi connectivity index (χ4n) is 1.10. The van der Waals surface area contributed by atoms with Crippen LogP contribution in [0.1, 0.15) is 40.0 Å². The fraction of sp³-hybridized carbons (Fsp3) is 0.833. The number of thioether (sulfide) groups is 1. The maximum absolute atomic E-state index is 11.3. The van der Waals surface area contributed by atoms with Crippen LogP contribution in [0.3, 0.4) is 0 Å². The zero-order valence-corrected chi connectivity index (χ0v) is 12.1. The van der Waals surface area contributed by atoms with Crippen molar-refractivity contribution in [2.24, 2.45) is 0 Å². The Hall–Kier alpha value is -0.910. The van der Waals surface area contributed by atoms with Gasteiger partial charge in [0.05, 0.1) is 6.42 Å². The minimum absolute atomic E-state index is 0.209. The summed E-state index contributed by atoms with van der Waals surface area (Å²) in [6.07, 6.45) is 1.65. The summed E-state index contributed by atoms with van der Waals surface area (Å²) in [5.41, 5.74) is -0.462. The van der Waals surface area contributed by atoms with Gasteiger partial charge in [0.25, 0.3) is 0 Å². The number of hydrogen-bond acceptors (Lipinski definition) is 4. The van der Waals surface area contributed by atoms with Crippen molar-refractivity contribution >= 4 is 23.8 Å². The molecule has 106 valence electrons. The molecule has 0 spiro atoms. The monoisotopic (exact) mass is 277 g/mol. The van der Waals surface area contributed by atoms with E-state index in [0.29, 0.717) is 12.3 Å². The SMILES string of the molecule is CC(C)(C)OC(=O)NCCCCSCCC(=O)O. The number of ether oxygens (including phenoxy) is 1. The van der Waals surface area contributed by atoms with E-state index in [1.165, 1.54) is 0 Å². The van der Waals surface area contributed by atoms with Crippen molar-refractivity contribution in [2.45, 2.75) is 45.6 Å². The molecule has 0 atom stereocenters. The van der Waals surface area contributed by atoms with Gasteiger partial charge in [-0.2, -0.15) is 11.8 Å². The van der Waals surface area contributed by atoms with Crippen LogP contribution in [-0.4, -0.2) is 40.8 Å². The number of amides is 1. The third kappa shape index (κ3) is 13.2. The summed E-state index contributed by atoms with van der Waals surface area (Å²) in [6, 6.07) is 0. The van der Waals surface area contributed by atoms with Crippen LogP contribution in [0.5, 0.6) is 0 Å². The van der Waals surface area contributed by atoms with E-state index in [4.69, 9.17) is 9.84 Å². The average Bonchev–Trinajstić information content (AvgIpc) is 2.18. The zero-order chi connectivity index (χ0) is 14.0. The molecular formula is C12H23NO4S. The van der Waals surface area contributed by atoms with Gasteiger partial charge in [-0.25, -0.2) is 4.79 Å². The van der Waals surface area contributed by atoms with Gasteiger partial charge in [-0.15, -0.1) is 0 Å². The van der Waals surface area contributed by atoms with Crippen molar-refractivity contribution in [1.29, 1.82) is 0 Å². The molecule has 6 heteroatoms. The number of carbonyl (C=O) groups excluding carboxylic acids is 1. The van der Waals surface area contributed by atoms with E-state index >= 15 is 0 Å². The van der Waals surface area contributed by atoms with E-state index in [9.17, 15) is 9.59 Å². The number of carboxylic acid groups (broad SMARTS) is 1. The van der Waals surface area contributed by atoms with Gasteiger partial charge in [0.2, 0.25) is 0 Å². The summed E-state index contributed by atoms with van der Waals surface area (Å²) in [5, 5.41) is 11.1. The van der Waals surface area contributed by atoms with Crippen LogP contribution < -0.4 is 5.32 Å². The van der Waals surface area contributed by atoms with Crippen molar-refractivity contribution in [2.75, 3.05) is 18.1 Å². The Kier molecular flexibility index (Phi) is 8.62. The number of carboxylic acids is 1. The summed E-state index contributed by atoms with van der Waals surface area (Å²) in [7, 11) is 0. The highest BCUT2D eigenvalue weighted by Crippen LogP contribution is 2.07. The summed E-state index contributed by atoms with van der Waals surface area (Å²) in [5.74, 6) is 0.812. The lowest BCUT2D eigenvalue weighted by Crippen LogP contribution is -2.33. The molecule has 0 rings (SSSR count). The van der Waals surface area contributed by atoms with Crippen LogP contribution in [0, 0.1) is 0 Å². The van der Waals surface area contributed by atoms with Gasteiger partial charge in [-0.1, -0.05) is 0 Å². The van der Waals surface area contributed by atoms with Gasteiger partial charge in [0.1, 0.15) is 5.60 Å². The molecule has 0 saturated heterocycles. The number of aliphatic carboxylic acids is 1. The number of unbranched alkanes of at least 4 members (excludes halogenated alkanes) is 1. The first kappa shape index (κ1) is 17.1. The minimum atomic E-state index is -0.755. The largest absolute Gasteiger partial charge is 0.481 e. The van der Waals surface area contributed by atoms with Gasteiger partial charge in [-0.3, -0.25) is 4.79 Å². The maximum atomic E-state index is 11.3. The lowest BCUT2D eigenvalue weighted by molar-refractivity contribution is -0.136. The molecule has 0 aliphatic carbocycles. The molecule has 1 amide bonds.